The van der Waals surface area contributed by atoms with Gasteiger partial charge in [-0.05, 0) is 29.8 Å². The minimum atomic E-state index is -0.970. The second kappa shape index (κ2) is 6.03. The van der Waals surface area contributed by atoms with Gasteiger partial charge in [-0.1, -0.05) is 12.1 Å². The summed E-state index contributed by atoms with van der Waals surface area (Å²) in [4.78, 5) is 15.7. The molecule has 0 bridgehead atoms. The van der Waals surface area contributed by atoms with Crippen LogP contribution in [0.4, 0.5) is 5.00 Å². The van der Waals surface area contributed by atoms with E-state index >= 15 is 0 Å². The summed E-state index contributed by atoms with van der Waals surface area (Å²) in [6.45, 7) is 0.539. The number of pyridine rings is 1. The number of hydrogen-bond acceptors (Lipinski definition) is 5. The number of anilines is 1. The second-order valence-corrected chi connectivity index (χ2v) is 5.72. The second-order valence-electron chi connectivity index (χ2n) is 4.66. The molecule has 0 spiro atoms. The number of thiophene rings is 1. The predicted molar refractivity (Wildman–Crippen MR) is 86.9 cm³/mol. The lowest BCUT2D eigenvalue weighted by atomic mass is 10.2. The minimum Gasteiger partial charge on any atom is -0.497 e. The molecule has 5 nitrogen and oxygen atoms in total. The van der Waals surface area contributed by atoms with E-state index in [1.807, 2.05) is 30.3 Å². The quantitative estimate of drug-likeness (QED) is 0.752. The number of aromatic carboxylic acids is 1. The number of rotatable bonds is 5. The van der Waals surface area contributed by atoms with Crippen LogP contribution in [0.5, 0.6) is 5.75 Å². The predicted octanol–water partition coefficient (Wildman–Crippen LogP) is 3.62. The Morgan fingerprint density at radius 1 is 1.32 bits per heavy atom. The molecule has 0 aliphatic carbocycles. The first-order chi connectivity index (χ1) is 10.7. The highest BCUT2D eigenvalue weighted by molar-refractivity contribution is 7.23. The van der Waals surface area contributed by atoms with Crippen LogP contribution in [-0.4, -0.2) is 23.2 Å². The van der Waals surface area contributed by atoms with Gasteiger partial charge >= 0.3 is 5.97 Å². The standard InChI is InChI=1S/C16H14N2O3S/c1-21-11-6-4-10(5-7-11)9-18-15-13(16(19)20)14-12(22-15)3-2-8-17-14/h2-8,18H,9H2,1H3,(H,19,20). The van der Waals surface area contributed by atoms with Crippen molar-refractivity contribution in [3.05, 3.63) is 53.7 Å². The van der Waals surface area contributed by atoms with E-state index in [-0.39, 0.29) is 5.56 Å². The van der Waals surface area contributed by atoms with Crippen molar-refractivity contribution in [1.82, 2.24) is 4.98 Å². The molecule has 2 aromatic heterocycles. The van der Waals surface area contributed by atoms with Gasteiger partial charge in [0.05, 0.1) is 17.3 Å². The average molecular weight is 314 g/mol. The van der Waals surface area contributed by atoms with Crippen LogP contribution in [0.2, 0.25) is 0 Å². The van der Waals surface area contributed by atoms with E-state index in [4.69, 9.17) is 4.74 Å². The molecular formula is C16H14N2O3S. The van der Waals surface area contributed by atoms with Crippen molar-refractivity contribution >= 4 is 32.5 Å². The Bertz CT molecular complexity index is 812. The van der Waals surface area contributed by atoms with Gasteiger partial charge in [0, 0.05) is 12.7 Å². The van der Waals surface area contributed by atoms with Crippen LogP contribution in [0.15, 0.2) is 42.6 Å². The molecule has 0 saturated heterocycles. The summed E-state index contributed by atoms with van der Waals surface area (Å²) < 4.78 is 5.98. The SMILES string of the molecule is COc1ccc(CNc2sc3cccnc3c2C(=O)O)cc1. The molecule has 22 heavy (non-hydrogen) atoms. The lowest BCUT2D eigenvalue weighted by Gasteiger charge is -2.06. The molecule has 2 heterocycles. The Morgan fingerprint density at radius 2 is 2.09 bits per heavy atom. The van der Waals surface area contributed by atoms with E-state index in [0.717, 1.165) is 16.0 Å². The molecule has 0 amide bonds. The van der Waals surface area contributed by atoms with Gasteiger partial charge in [0.15, 0.2) is 0 Å². The third kappa shape index (κ3) is 2.73. The summed E-state index contributed by atoms with van der Waals surface area (Å²) >= 11 is 1.40. The monoisotopic (exact) mass is 314 g/mol. The number of carbonyl (C=O) groups is 1. The Balaban J connectivity index is 1.86. The zero-order valence-electron chi connectivity index (χ0n) is 11.9. The fourth-order valence-corrected chi connectivity index (χ4v) is 3.23. The molecule has 0 fully saturated rings. The number of nitrogens with zero attached hydrogens (tertiary/aromatic N) is 1. The van der Waals surface area contributed by atoms with Crippen LogP contribution in [0.1, 0.15) is 15.9 Å². The van der Waals surface area contributed by atoms with E-state index in [9.17, 15) is 9.90 Å². The maximum atomic E-state index is 11.5. The summed E-state index contributed by atoms with van der Waals surface area (Å²) in [5.74, 6) is -0.178. The van der Waals surface area contributed by atoms with E-state index in [0.29, 0.717) is 17.1 Å². The smallest absolute Gasteiger partial charge is 0.340 e. The molecule has 1 aromatic carbocycles. The average Bonchev–Trinajstić information content (AvgIpc) is 2.92. The van der Waals surface area contributed by atoms with Gasteiger partial charge in [-0.15, -0.1) is 11.3 Å². The van der Waals surface area contributed by atoms with Crippen molar-refractivity contribution in [1.29, 1.82) is 0 Å². The summed E-state index contributed by atoms with van der Waals surface area (Å²) in [7, 11) is 1.62. The van der Waals surface area contributed by atoms with Crippen LogP contribution in [0.3, 0.4) is 0 Å². The van der Waals surface area contributed by atoms with Crippen LogP contribution in [-0.2, 0) is 6.54 Å². The third-order valence-electron chi connectivity index (χ3n) is 3.27. The van der Waals surface area contributed by atoms with Crippen molar-refractivity contribution in [2.45, 2.75) is 6.54 Å². The van der Waals surface area contributed by atoms with Crippen molar-refractivity contribution < 1.29 is 14.6 Å². The fourth-order valence-electron chi connectivity index (χ4n) is 2.18. The van der Waals surface area contributed by atoms with E-state index in [2.05, 4.69) is 10.3 Å². The van der Waals surface area contributed by atoms with Crippen molar-refractivity contribution in [3.8, 4) is 5.75 Å². The van der Waals surface area contributed by atoms with Gasteiger partial charge in [-0.3, -0.25) is 4.98 Å². The highest BCUT2D eigenvalue weighted by Gasteiger charge is 2.19. The maximum absolute atomic E-state index is 11.5. The largest absolute Gasteiger partial charge is 0.497 e. The van der Waals surface area contributed by atoms with Gasteiger partial charge in [-0.25, -0.2) is 4.79 Å². The Labute approximate surface area is 131 Å². The molecule has 0 atom stereocenters. The Kier molecular flexibility index (Phi) is 3.93. The van der Waals surface area contributed by atoms with Crippen molar-refractivity contribution in [2.75, 3.05) is 12.4 Å². The lowest BCUT2D eigenvalue weighted by Crippen LogP contribution is -2.04. The molecular weight excluding hydrogens is 300 g/mol. The number of nitrogens with one attached hydrogen (secondary N) is 1. The van der Waals surface area contributed by atoms with E-state index < -0.39 is 5.97 Å². The number of fused-ring (bicyclic) bond motifs is 1. The first-order valence-electron chi connectivity index (χ1n) is 6.66. The number of hydrogen-bond donors (Lipinski definition) is 2. The number of aromatic nitrogens is 1. The third-order valence-corrected chi connectivity index (χ3v) is 4.37. The van der Waals surface area contributed by atoms with Crippen LogP contribution in [0.25, 0.3) is 10.2 Å². The van der Waals surface area contributed by atoms with Gasteiger partial charge in [0.2, 0.25) is 0 Å². The topological polar surface area (TPSA) is 71.5 Å². The molecule has 0 radical (unpaired) electrons. The highest BCUT2D eigenvalue weighted by atomic mass is 32.1. The number of ether oxygens (including phenoxy) is 1. The normalized spacial score (nSPS) is 10.6. The summed E-state index contributed by atoms with van der Waals surface area (Å²) in [5, 5.41) is 13.2. The van der Waals surface area contributed by atoms with Gasteiger partial charge in [0.1, 0.15) is 16.3 Å². The summed E-state index contributed by atoms with van der Waals surface area (Å²) in [6, 6.07) is 11.3. The molecule has 6 heteroatoms. The first kappa shape index (κ1) is 14.3. The molecule has 112 valence electrons. The zero-order valence-corrected chi connectivity index (χ0v) is 12.7. The molecule has 3 aromatic rings. The van der Waals surface area contributed by atoms with Crippen molar-refractivity contribution in [3.63, 3.8) is 0 Å². The maximum Gasteiger partial charge on any atom is 0.340 e. The Hall–Kier alpha value is -2.60. The zero-order chi connectivity index (χ0) is 15.5. The summed E-state index contributed by atoms with van der Waals surface area (Å²) in [5.41, 5.74) is 1.80. The van der Waals surface area contributed by atoms with Crippen LogP contribution >= 0.6 is 11.3 Å². The van der Waals surface area contributed by atoms with Crippen molar-refractivity contribution in [2.24, 2.45) is 0 Å². The minimum absolute atomic E-state index is 0.231. The lowest BCUT2D eigenvalue weighted by molar-refractivity contribution is 0.0700. The highest BCUT2D eigenvalue weighted by Crippen LogP contribution is 2.34. The van der Waals surface area contributed by atoms with Gasteiger partial charge in [0.25, 0.3) is 0 Å². The van der Waals surface area contributed by atoms with Gasteiger partial charge in [-0.2, -0.15) is 0 Å². The van der Waals surface area contributed by atoms with E-state index in [1.165, 1.54) is 11.3 Å². The molecule has 0 aliphatic rings. The van der Waals surface area contributed by atoms with Crippen LogP contribution < -0.4 is 10.1 Å². The molecule has 0 saturated carbocycles. The number of carboxylic acid groups (broad SMARTS) is 1. The first-order valence-corrected chi connectivity index (χ1v) is 7.48. The number of carboxylic acids is 1. The summed E-state index contributed by atoms with van der Waals surface area (Å²) in [6.07, 6.45) is 1.61. The number of methoxy groups -OCH3 is 1. The van der Waals surface area contributed by atoms with E-state index in [1.54, 1.807) is 19.4 Å². The fraction of sp³-hybridized carbons (Fsp3) is 0.125. The van der Waals surface area contributed by atoms with Crippen LogP contribution in [0, 0.1) is 0 Å². The van der Waals surface area contributed by atoms with Gasteiger partial charge < -0.3 is 15.2 Å². The molecule has 0 unspecified atom stereocenters. The molecule has 3 rings (SSSR count). The Morgan fingerprint density at radius 3 is 2.77 bits per heavy atom. The number of benzene rings is 1. The molecule has 2 N–H and O–H groups in total. The molecule has 0 aliphatic heterocycles.